The van der Waals surface area contributed by atoms with Gasteiger partial charge in [-0.2, -0.15) is 5.10 Å². The predicted octanol–water partition coefficient (Wildman–Crippen LogP) is 3.84. The predicted molar refractivity (Wildman–Crippen MR) is 92.9 cm³/mol. The molecule has 2 aromatic carbocycles. The van der Waals surface area contributed by atoms with Gasteiger partial charge in [0.15, 0.2) is 0 Å². The second kappa shape index (κ2) is 6.65. The molecule has 0 aliphatic heterocycles. The van der Waals surface area contributed by atoms with Crippen molar-refractivity contribution >= 4 is 11.6 Å². The molecule has 0 radical (unpaired) electrons. The number of amides is 1. The zero-order valence-corrected chi connectivity index (χ0v) is 13.9. The van der Waals surface area contributed by atoms with Gasteiger partial charge < -0.3 is 5.11 Å². The van der Waals surface area contributed by atoms with Gasteiger partial charge in [-0.3, -0.25) is 4.79 Å². The topological polar surface area (TPSA) is 61.7 Å². The fourth-order valence-corrected chi connectivity index (χ4v) is 2.09. The van der Waals surface area contributed by atoms with Gasteiger partial charge in [-0.25, -0.2) is 5.43 Å². The second-order valence-electron chi connectivity index (χ2n) is 6.51. The Bertz CT molecular complexity index is 709. The minimum atomic E-state index is -0.247. The first kappa shape index (κ1) is 16.7. The highest BCUT2D eigenvalue weighted by molar-refractivity contribution is 6.00. The zero-order valence-electron chi connectivity index (χ0n) is 13.9. The fraction of sp³-hybridized carbons (Fsp3) is 0.263. The molecule has 0 saturated heterocycles. The molecular weight excluding hydrogens is 288 g/mol. The van der Waals surface area contributed by atoms with Crippen LogP contribution < -0.4 is 5.43 Å². The van der Waals surface area contributed by atoms with Crippen LogP contribution in [0.5, 0.6) is 5.75 Å². The molecule has 4 heteroatoms. The lowest BCUT2D eigenvalue weighted by molar-refractivity contribution is 0.0955. The van der Waals surface area contributed by atoms with E-state index < -0.39 is 0 Å². The first-order valence-electron chi connectivity index (χ1n) is 7.52. The van der Waals surface area contributed by atoms with Gasteiger partial charge in [-0.05, 0) is 59.9 Å². The molecule has 0 aliphatic rings. The van der Waals surface area contributed by atoms with Gasteiger partial charge >= 0.3 is 0 Å². The number of rotatable bonds is 3. The smallest absolute Gasteiger partial charge is 0.271 e. The molecule has 0 saturated carbocycles. The molecule has 0 aliphatic carbocycles. The van der Waals surface area contributed by atoms with E-state index in [0.29, 0.717) is 11.3 Å². The van der Waals surface area contributed by atoms with Gasteiger partial charge in [0.1, 0.15) is 5.75 Å². The summed E-state index contributed by atoms with van der Waals surface area (Å²) in [6, 6.07) is 14.2. The van der Waals surface area contributed by atoms with Gasteiger partial charge in [-0.15, -0.1) is 0 Å². The molecule has 2 N–H and O–H groups in total. The van der Waals surface area contributed by atoms with Crippen LogP contribution >= 0.6 is 0 Å². The van der Waals surface area contributed by atoms with Gasteiger partial charge in [-0.1, -0.05) is 32.9 Å². The number of nitrogens with zero attached hydrogens (tertiary/aromatic N) is 1. The largest absolute Gasteiger partial charge is 0.508 e. The van der Waals surface area contributed by atoms with Crippen LogP contribution in [0.4, 0.5) is 0 Å². The number of hydrazone groups is 1. The number of nitrogens with one attached hydrogen (secondary N) is 1. The average Bonchev–Trinajstić information content (AvgIpc) is 2.52. The van der Waals surface area contributed by atoms with Gasteiger partial charge in [0.05, 0.1) is 5.71 Å². The summed E-state index contributed by atoms with van der Waals surface area (Å²) >= 11 is 0. The third-order valence-electron chi connectivity index (χ3n) is 3.62. The molecule has 0 aromatic heterocycles. The number of phenolic OH excluding ortho intramolecular Hbond substituents is 1. The van der Waals surface area contributed by atoms with E-state index in [1.165, 1.54) is 5.56 Å². The van der Waals surface area contributed by atoms with E-state index in [1.54, 1.807) is 43.3 Å². The maximum atomic E-state index is 12.1. The third-order valence-corrected chi connectivity index (χ3v) is 3.62. The molecule has 23 heavy (non-hydrogen) atoms. The Kier molecular flexibility index (Phi) is 4.84. The van der Waals surface area contributed by atoms with Crippen molar-refractivity contribution in [3.05, 3.63) is 65.2 Å². The van der Waals surface area contributed by atoms with Crippen LogP contribution in [-0.2, 0) is 5.41 Å². The molecular formula is C19H22N2O2. The SMILES string of the molecule is C/C(=N/NC(=O)c1ccc(C(C)(C)C)cc1)c1ccc(O)cc1. The summed E-state index contributed by atoms with van der Waals surface area (Å²) < 4.78 is 0. The number of hydrogen-bond acceptors (Lipinski definition) is 3. The Balaban J connectivity index is 2.07. The summed E-state index contributed by atoms with van der Waals surface area (Å²) in [5, 5.41) is 13.4. The van der Waals surface area contributed by atoms with Gasteiger partial charge in [0.2, 0.25) is 0 Å². The van der Waals surface area contributed by atoms with Crippen molar-refractivity contribution in [2.24, 2.45) is 5.10 Å². The summed E-state index contributed by atoms with van der Waals surface area (Å²) in [4.78, 5) is 12.1. The van der Waals surface area contributed by atoms with E-state index in [1.807, 2.05) is 12.1 Å². The maximum Gasteiger partial charge on any atom is 0.271 e. The molecule has 0 heterocycles. The van der Waals surface area contributed by atoms with E-state index in [0.717, 1.165) is 5.56 Å². The normalized spacial score (nSPS) is 12.1. The fourth-order valence-electron chi connectivity index (χ4n) is 2.09. The van der Waals surface area contributed by atoms with Crippen LogP contribution in [0.2, 0.25) is 0 Å². The zero-order chi connectivity index (χ0) is 17.0. The summed E-state index contributed by atoms with van der Waals surface area (Å²) in [6.07, 6.45) is 0. The van der Waals surface area contributed by atoms with Crippen molar-refractivity contribution in [2.75, 3.05) is 0 Å². The Morgan fingerprint density at radius 3 is 2.00 bits per heavy atom. The number of benzene rings is 2. The van der Waals surface area contributed by atoms with Crippen molar-refractivity contribution in [2.45, 2.75) is 33.1 Å². The quantitative estimate of drug-likeness (QED) is 0.668. The van der Waals surface area contributed by atoms with Crippen LogP contribution in [-0.4, -0.2) is 16.7 Å². The highest BCUT2D eigenvalue weighted by atomic mass is 16.3. The molecule has 0 fully saturated rings. The molecule has 0 unspecified atom stereocenters. The van der Waals surface area contributed by atoms with Crippen molar-refractivity contribution in [3.63, 3.8) is 0 Å². The summed E-state index contributed by atoms with van der Waals surface area (Å²) in [5.74, 6) is -0.0480. The molecule has 2 aromatic rings. The van der Waals surface area contributed by atoms with E-state index in [4.69, 9.17) is 0 Å². The summed E-state index contributed by atoms with van der Waals surface area (Å²) in [6.45, 7) is 8.20. The van der Waals surface area contributed by atoms with Crippen molar-refractivity contribution < 1.29 is 9.90 Å². The highest BCUT2D eigenvalue weighted by Crippen LogP contribution is 2.22. The Morgan fingerprint density at radius 2 is 1.48 bits per heavy atom. The van der Waals surface area contributed by atoms with Gasteiger partial charge in [0.25, 0.3) is 5.91 Å². The number of carbonyl (C=O) groups excluding carboxylic acids is 1. The van der Waals surface area contributed by atoms with Crippen LogP contribution in [0.15, 0.2) is 53.6 Å². The lowest BCUT2D eigenvalue weighted by Gasteiger charge is -2.18. The maximum absolute atomic E-state index is 12.1. The molecule has 0 spiro atoms. The van der Waals surface area contributed by atoms with Crippen molar-refractivity contribution in [1.82, 2.24) is 5.43 Å². The number of hydrogen-bond donors (Lipinski definition) is 2. The van der Waals surface area contributed by atoms with Crippen LogP contribution in [0.3, 0.4) is 0 Å². The first-order valence-corrected chi connectivity index (χ1v) is 7.52. The number of carbonyl (C=O) groups is 1. The molecule has 0 bridgehead atoms. The lowest BCUT2D eigenvalue weighted by Crippen LogP contribution is -2.19. The molecule has 2 rings (SSSR count). The first-order chi connectivity index (χ1) is 10.8. The highest BCUT2D eigenvalue weighted by Gasteiger charge is 2.14. The van der Waals surface area contributed by atoms with Crippen molar-refractivity contribution in [1.29, 1.82) is 0 Å². The van der Waals surface area contributed by atoms with Gasteiger partial charge in [0, 0.05) is 5.56 Å². The molecule has 4 nitrogen and oxygen atoms in total. The Hall–Kier alpha value is -2.62. The summed E-state index contributed by atoms with van der Waals surface area (Å²) in [7, 11) is 0. The monoisotopic (exact) mass is 310 g/mol. The number of phenols is 1. The minimum absolute atomic E-state index is 0.0582. The minimum Gasteiger partial charge on any atom is -0.508 e. The van der Waals surface area contributed by atoms with Crippen LogP contribution in [0.1, 0.15) is 49.2 Å². The average molecular weight is 310 g/mol. The van der Waals surface area contributed by atoms with E-state index in [-0.39, 0.29) is 17.1 Å². The van der Waals surface area contributed by atoms with Crippen LogP contribution in [0.25, 0.3) is 0 Å². The molecule has 120 valence electrons. The summed E-state index contributed by atoms with van der Waals surface area (Å²) in [5.41, 5.74) is 5.87. The van der Waals surface area contributed by atoms with Crippen LogP contribution in [0, 0.1) is 0 Å². The second-order valence-corrected chi connectivity index (χ2v) is 6.51. The van der Waals surface area contributed by atoms with E-state index >= 15 is 0 Å². The van der Waals surface area contributed by atoms with E-state index in [9.17, 15) is 9.90 Å². The number of aromatic hydroxyl groups is 1. The lowest BCUT2D eigenvalue weighted by atomic mass is 9.87. The standard InChI is InChI=1S/C19H22N2O2/c1-13(14-7-11-17(22)12-8-14)20-21-18(23)15-5-9-16(10-6-15)19(2,3)4/h5-12,22H,1-4H3,(H,21,23)/b20-13-. The molecule has 0 atom stereocenters. The third kappa shape index (κ3) is 4.42. The Morgan fingerprint density at radius 1 is 0.957 bits per heavy atom. The van der Waals surface area contributed by atoms with E-state index in [2.05, 4.69) is 31.3 Å². The van der Waals surface area contributed by atoms with Crippen molar-refractivity contribution in [3.8, 4) is 5.75 Å². The Labute approximate surface area is 136 Å². The molecule has 1 amide bonds.